The number of nitrogens with one attached hydrogen (secondary N) is 1. The van der Waals surface area contributed by atoms with Crippen LogP contribution in [-0.4, -0.2) is 104 Å². The second kappa shape index (κ2) is 12.8. The number of hydrogen-bond acceptors (Lipinski definition) is 4. The largest absolute Gasteiger partial charge is 0.338 e. The Bertz CT molecular complexity index is 450. The van der Waals surface area contributed by atoms with Gasteiger partial charge in [-0.05, 0) is 70.6 Å². The Hall–Kier alpha value is -0.850. The third-order valence-electron chi connectivity index (χ3n) is 7.21. The van der Waals surface area contributed by atoms with Gasteiger partial charge < -0.3 is 24.9 Å². The van der Waals surface area contributed by atoms with Gasteiger partial charge in [0.05, 0.1) is 0 Å². The number of hydrogen-bond donors (Lipinski definition) is 1. The average Bonchev–Trinajstić information content (AvgIpc) is 3.03. The smallest absolute Gasteiger partial charge is 0.317 e. The van der Waals surface area contributed by atoms with Gasteiger partial charge in [-0.2, -0.15) is 0 Å². The minimum Gasteiger partial charge on any atom is -0.338 e. The monoisotopic (exact) mass is 407 g/mol. The summed E-state index contributed by atoms with van der Waals surface area (Å²) in [6, 6.07) is 0.162. The van der Waals surface area contributed by atoms with Gasteiger partial charge in [-0.3, -0.25) is 0 Å². The molecule has 3 fully saturated rings. The number of carbonyl (C=O) groups is 1. The lowest BCUT2D eigenvalue weighted by Crippen LogP contribution is -2.47. The Morgan fingerprint density at radius 3 is 2.10 bits per heavy atom. The Kier molecular flexibility index (Phi) is 10.0. The number of urea groups is 1. The highest BCUT2D eigenvalue weighted by Crippen LogP contribution is 2.20. The van der Waals surface area contributed by atoms with Gasteiger partial charge in [-0.25, -0.2) is 4.79 Å². The van der Waals surface area contributed by atoms with Crippen molar-refractivity contribution in [2.24, 2.45) is 5.92 Å². The molecule has 3 saturated heterocycles. The summed E-state index contributed by atoms with van der Waals surface area (Å²) in [7, 11) is 0. The molecule has 0 bridgehead atoms. The molecule has 1 N–H and O–H groups in total. The molecule has 6 nitrogen and oxygen atoms in total. The molecule has 6 heteroatoms. The zero-order chi connectivity index (χ0) is 20.3. The highest BCUT2D eigenvalue weighted by molar-refractivity contribution is 5.74. The number of likely N-dealkylation sites (N-methyl/N-ethyl adjacent to an activating group) is 1. The van der Waals surface area contributed by atoms with Crippen LogP contribution in [0.25, 0.3) is 0 Å². The Balaban J connectivity index is 1.21. The molecule has 3 aliphatic rings. The molecule has 29 heavy (non-hydrogen) atoms. The topological polar surface area (TPSA) is 42.1 Å². The molecule has 0 aliphatic carbocycles. The van der Waals surface area contributed by atoms with Crippen LogP contribution in [-0.2, 0) is 0 Å². The summed E-state index contributed by atoms with van der Waals surface area (Å²) in [5.41, 5.74) is 0. The van der Waals surface area contributed by atoms with Crippen molar-refractivity contribution in [1.29, 1.82) is 0 Å². The number of carbonyl (C=O) groups excluding carboxylic acids is 1. The molecule has 0 aromatic heterocycles. The molecule has 0 unspecified atom stereocenters. The van der Waals surface area contributed by atoms with Crippen LogP contribution in [0.4, 0.5) is 4.79 Å². The van der Waals surface area contributed by atoms with Gasteiger partial charge in [0.15, 0.2) is 0 Å². The number of amides is 2. The second-order valence-electron chi connectivity index (χ2n) is 9.36. The molecule has 2 amide bonds. The number of nitrogens with zero attached hydrogens (tertiary/aromatic N) is 4. The first-order chi connectivity index (χ1) is 14.2. The lowest BCUT2D eigenvalue weighted by atomic mass is 9.96. The van der Waals surface area contributed by atoms with Crippen LogP contribution in [0.2, 0.25) is 0 Å². The average molecular weight is 408 g/mol. The number of piperazine rings is 1. The summed E-state index contributed by atoms with van der Waals surface area (Å²) in [4.78, 5) is 22.3. The first kappa shape index (κ1) is 22.8. The number of piperidine rings is 1. The van der Waals surface area contributed by atoms with Crippen LogP contribution in [0.3, 0.4) is 0 Å². The maximum atomic E-state index is 12.5. The molecule has 0 aromatic carbocycles. The van der Waals surface area contributed by atoms with Gasteiger partial charge in [0.1, 0.15) is 0 Å². The maximum Gasteiger partial charge on any atom is 0.317 e. The summed E-state index contributed by atoms with van der Waals surface area (Å²) < 4.78 is 0. The maximum absolute atomic E-state index is 12.5. The van der Waals surface area contributed by atoms with Crippen molar-refractivity contribution in [2.45, 2.75) is 58.3 Å². The highest BCUT2D eigenvalue weighted by Gasteiger charge is 2.24. The fraction of sp³-hybridized carbons (Fsp3) is 0.957. The lowest BCUT2D eigenvalue weighted by molar-refractivity contribution is 0.135. The summed E-state index contributed by atoms with van der Waals surface area (Å²) in [5, 5.41) is 3.16. The van der Waals surface area contributed by atoms with E-state index in [2.05, 4.69) is 26.9 Å². The first-order valence-corrected chi connectivity index (χ1v) is 12.4. The summed E-state index contributed by atoms with van der Waals surface area (Å²) in [5.74, 6) is 0.783. The summed E-state index contributed by atoms with van der Waals surface area (Å²) in [6.07, 6.45) is 10.2. The lowest BCUT2D eigenvalue weighted by Gasteiger charge is -2.35. The second-order valence-corrected chi connectivity index (χ2v) is 9.36. The number of rotatable bonds is 8. The molecular formula is C23H45N5O. The zero-order valence-electron chi connectivity index (χ0n) is 18.9. The van der Waals surface area contributed by atoms with Gasteiger partial charge in [0.2, 0.25) is 0 Å². The minimum atomic E-state index is 0.162. The quantitative estimate of drug-likeness (QED) is 0.628. The molecule has 0 spiro atoms. The Labute approximate surface area is 179 Å². The van der Waals surface area contributed by atoms with Crippen molar-refractivity contribution < 1.29 is 4.79 Å². The van der Waals surface area contributed by atoms with Gasteiger partial charge in [0.25, 0.3) is 0 Å². The Morgan fingerprint density at radius 2 is 1.45 bits per heavy atom. The minimum absolute atomic E-state index is 0.162. The summed E-state index contributed by atoms with van der Waals surface area (Å²) >= 11 is 0. The van der Waals surface area contributed by atoms with Crippen LogP contribution in [0.15, 0.2) is 0 Å². The van der Waals surface area contributed by atoms with E-state index in [1.807, 2.05) is 4.90 Å². The highest BCUT2D eigenvalue weighted by atomic mass is 16.2. The Morgan fingerprint density at radius 1 is 0.793 bits per heavy atom. The summed E-state index contributed by atoms with van der Waals surface area (Å²) in [6.45, 7) is 15.9. The van der Waals surface area contributed by atoms with Gasteiger partial charge >= 0.3 is 6.03 Å². The van der Waals surface area contributed by atoms with Crippen molar-refractivity contribution in [2.75, 3.05) is 78.5 Å². The molecule has 0 saturated carbocycles. The van der Waals surface area contributed by atoms with Crippen molar-refractivity contribution in [3.8, 4) is 0 Å². The molecule has 0 atom stereocenters. The normalized spacial score (nSPS) is 23.8. The van der Waals surface area contributed by atoms with E-state index in [9.17, 15) is 4.79 Å². The van der Waals surface area contributed by atoms with E-state index in [1.54, 1.807) is 0 Å². The predicted molar refractivity (Wildman–Crippen MR) is 120 cm³/mol. The van der Waals surface area contributed by atoms with E-state index in [1.165, 1.54) is 104 Å². The van der Waals surface area contributed by atoms with Crippen LogP contribution in [0, 0.1) is 5.92 Å². The molecule has 168 valence electrons. The van der Waals surface area contributed by atoms with Crippen LogP contribution < -0.4 is 5.32 Å². The van der Waals surface area contributed by atoms with E-state index in [0.29, 0.717) is 0 Å². The fourth-order valence-electron chi connectivity index (χ4n) is 5.10. The molecule has 0 radical (unpaired) electrons. The van der Waals surface area contributed by atoms with Crippen LogP contribution >= 0.6 is 0 Å². The van der Waals surface area contributed by atoms with Crippen LogP contribution in [0.5, 0.6) is 0 Å². The molecule has 0 aromatic rings. The predicted octanol–water partition coefficient (Wildman–Crippen LogP) is 2.70. The molecule has 3 heterocycles. The van der Waals surface area contributed by atoms with Gasteiger partial charge in [-0.1, -0.05) is 19.8 Å². The van der Waals surface area contributed by atoms with E-state index >= 15 is 0 Å². The molecule has 3 rings (SSSR count). The third kappa shape index (κ3) is 8.06. The van der Waals surface area contributed by atoms with Gasteiger partial charge in [0, 0.05) is 52.4 Å². The van der Waals surface area contributed by atoms with E-state index in [0.717, 1.165) is 32.0 Å². The van der Waals surface area contributed by atoms with Crippen molar-refractivity contribution in [3.63, 3.8) is 0 Å². The number of unbranched alkanes of at least 4 members (excludes halogenated alkanes) is 1. The van der Waals surface area contributed by atoms with E-state index in [4.69, 9.17) is 0 Å². The SMILES string of the molecule is CCN1CCN(CCCCNC(=O)N2CCC(CN3CCCCCC3)CC2)CC1. The van der Waals surface area contributed by atoms with Crippen LogP contribution in [0.1, 0.15) is 58.3 Å². The van der Waals surface area contributed by atoms with Crippen molar-refractivity contribution >= 4 is 6.03 Å². The van der Waals surface area contributed by atoms with E-state index < -0.39 is 0 Å². The van der Waals surface area contributed by atoms with Gasteiger partial charge in [-0.15, -0.1) is 0 Å². The van der Waals surface area contributed by atoms with Crippen molar-refractivity contribution in [1.82, 2.24) is 24.9 Å². The third-order valence-corrected chi connectivity index (χ3v) is 7.21. The van der Waals surface area contributed by atoms with Crippen molar-refractivity contribution in [3.05, 3.63) is 0 Å². The van der Waals surface area contributed by atoms with E-state index in [-0.39, 0.29) is 6.03 Å². The molecule has 3 aliphatic heterocycles. The first-order valence-electron chi connectivity index (χ1n) is 12.4. The fourth-order valence-corrected chi connectivity index (χ4v) is 5.10. The molecular weight excluding hydrogens is 362 g/mol. The zero-order valence-corrected chi connectivity index (χ0v) is 18.9. The standard InChI is InChI=1S/C23H45N5O/c1-2-25-17-19-26(20-18-25)12-8-5-11-24-23(29)28-15-9-22(10-16-28)21-27-13-6-3-4-7-14-27/h22H,2-21H2,1H3,(H,24,29). The number of likely N-dealkylation sites (tertiary alicyclic amines) is 2.